The predicted octanol–water partition coefficient (Wildman–Crippen LogP) is 2.50. The van der Waals surface area contributed by atoms with Gasteiger partial charge in [-0.1, -0.05) is 24.3 Å². The fraction of sp³-hybridized carbons (Fsp3) is 0.357. The molecule has 0 bridgehead atoms. The lowest BCUT2D eigenvalue weighted by Crippen LogP contribution is -2.32. The Morgan fingerprint density at radius 3 is 2.40 bits per heavy atom. The van der Waals surface area contributed by atoms with Gasteiger partial charge in [0.05, 0.1) is 4.90 Å². The summed E-state index contributed by atoms with van der Waals surface area (Å²) in [4.78, 5) is 11.6. The third-order valence-corrected chi connectivity index (χ3v) is 3.59. The number of nitrogens with one attached hydrogen (secondary N) is 1. The van der Waals surface area contributed by atoms with Crippen LogP contribution in [-0.2, 0) is 14.6 Å². The molecule has 0 spiro atoms. The number of hydrogen-bond donors (Lipinski definition) is 1. The Labute approximate surface area is 119 Å². The van der Waals surface area contributed by atoms with Crippen molar-refractivity contribution in [3.63, 3.8) is 0 Å². The maximum absolute atomic E-state index is 11.9. The van der Waals surface area contributed by atoms with E-state index in [1.165, 1.54) is 18.2 Å². The van der Waals surface area contributed by atoms with Gasteiger partial charge in [0.1, 0.15) is 5.60 Å². The SMILES string of the molecule is CC(C)(C)OC(=O)NC/C=C/S(=O)(=O)c1ccccc1. The van der Waals surface area contributed by atoms with Crippen LogP contribution in [0.1, 0.15) is 20.8 Å². The number of rotatable bonds is 4. The van der Waals surface area contributed by atoms with Gasteiger partial charge in [-0.15, -0.1) is 0 Å². The smallest absolute Gasteiger partial charge is 0.407 e. The molecule has 0 fully saturated rings. The van der Waals surface area contributed by atoms with E-state index in [9.17, 15) is 13.2 Å². The zero-order chi connectivity index (χ0) is 15.2. The molecular weight excluding hydrogens is 278 g/mol. The molecule has 0 saturated carbocycles. The van der Waals surface area contributed by atoms with Gasteiger partial charge in [-0.05, 0) is 32.9 Å². The summed E-state index contributed by atoms with van der Waals surface area (Å²) in [6.07, 6.45) is 0.783. The van der Waals surface area contributed by atoms with E-state index in [0.717, 1.165) is 5.41 Å². The lowest BCUT2D eigenvalue weighted by molar-refractivity contribution is 0.0534. The number of carbonyl (C=O) groups is 1. The summed E-state index contributed by atoms with van der Waals surface area (Å²) in [7, 11) is -3.47. The highest BCUT2D eigenvalue weighted by atomic mass is 32.2. The van der Waals surface area contributed by atoms with Gasteiger partial charge in [-0.3, -0.25) is 0 Å². The van der Waals surface area contributed by atoms with Crippen molar-refractivity contribution in [2.45, 2.75) is 31.3 Å². The van der Waals surface area contributed by atoms with Crippen molar-refractivity contribution in [3.8, 4) is 0 Å². The Hall–Kier alpha value is -1.82. The van der Waals surface area contributed by atoms with Crippen molar-refractivity contribution >= 4 is 15.9 Å². The van der Waals surface area contributed by atoms with Crippen molar-refractivity contribution in [2.24, 2.45) is 0 Å². The van der Waals surface area contributed by atoms with Crippen LogP contribution in [0, 0.1) is 0 Å². The van der Waals surface area contributed by atoms with Crippen LogP contribution in [0.25, 0.3) is 0 Å². The standard InChI is InChI=1S/C14H19NO4S/c1-14(2,3)19-13(16)15-10-7-11-20(17,18)12-8-5-4-6-9-12/h4-9,11H,10H2,1-3H3,(H,15,16)/b11-7+. The van der Waals surface area contributed by atoms with Gasteiger partial charge in [0.15, 0.2) is 9.84 Å². The van der Waals surface area contributed by atoms with Crippen molar-refractivity contribution < 1.29 is 17.9 Å². The molecule has 1 aromatic carbocycles. The molecule has 0 aliphatic carbocycles. The van der Waals surface area contributed by atoms with E-state index in [1.54, 1.807) is 39.0 Å². The molecule has 1 N–H and O–H groups in total. The van der Waals surface area contributed by atoms with E-state index in [0.29, 0.717) is 0 Å². The van der Waals surface area contributed by atoms with Gasteiger partial charge in [-0.2, -0.15) is 0 Å². The first-order valence-electron chi connectivity index (χ1n) is 6.14. The fourth-order valence-electron chi connectivity index (χ4n) is 1.32. The van der Waals surface area contributed by atoms with Crippen LogP contribution in [-0.4, -0.2) is 26.7 Å². The highest BCUT2D eigenvalue weighted by Gasteiger charge is 2.15. The molecule has 6 heteroatoms. The number of hydrogen-bond acceptors (Lipinski definition) is 4. The maximum atomic E-state index is 11.9. The number of amides is 1. The lowest BCUT2D eigenvalue weighted by atomic mass is 10.2. The molecule has 1 rings (SSSR count). The number of alkyl carbamates (subject to hydrolysis) is 1. The van der Waals surface area contributed by atoms with Gasteiger partial charge in [0.25, 0.3) is 0 Å². The van der Waals surface area contributed by atoms with Gasteiger partial charge >= 0.3 is 6.09 Å². The highest BCUT2D eigenvalue weighted by molar-refractivity contribution is 7.94. The van der Waals surface area contributed by atoms with E-state index in [2.05, 4.69) is 5.32 Å². The molecule has 1 aromatic rings. The van der Waals surface area contributed by atoms with Crippen LogP contribution in [0.5, 0.6) is 0 Å². The zero-order valence-corrected chi connectivity index (χ0v) is 12.6. The van der Waals surface area contributed by atoms with Crippen molar-refractivity contribution in [1.82, 2.24) is 5.32 Å². The maximum Gasteiger partial charge on any atom is 0.407 e. The molecule has 5 nitrogen and oxygen atoms in total. The third kappa shape index (κ3) is 5.88. The van der Waals surface area contributed by atoms with Crippen LogP contribution < -0.4 is 5.32 Å². The largest absolute Gasteiger partial charge is 0.444 e. The van der Waals surface area contributed by atoms with Gasteiger partial charge in [0, 0.05) is 12.0 Å². The molecule has 0 aliphatic heterocycles. The average molecular weight is 297 g/mol. The van der Waals surface area contributed by atoms with Crippen LogP contribution in [0.15, 0.2) is 46.7 Å². The molecule has 1 amide bonds. The summed E-state index contributed by atoms with van der Waals surface area (Å²) < 4.78 is 28.8. The fourth-order valence-corrected chi connectivity index (χ4v) is 2.36. The van der Waals surface area contributed by atoms with E-state index >= 15 is 0 Å². The van der Waals surface area contributed by atoms with E-state index in [4.69, 9.17) is 4.74 Å². The zero-order valence-electron chi connectivity index (χ0n) is 11.8. The van der Waals surface area contributed by atoms with Gasteiger partial charge in [-0.25, -0.2) is 13.2 Å². The molecule has 0 heterocycles. The molecule has 110 valence electrons. The number of carbonyl (C=O) groups excluding carboxylic acids is 1. The molecule has 0 unspecified atom stereocenters. The Morgan fingerprint density at radius 2 is 1.85 bits per heavy atom. The summed E-state index contributed by atoms with van der Waals surface area (Å²) in [6, 6.07) is 8.08. The van der Waals surface area contributed by atoms with Crippen LogP contribution in [0.4, 0.5) is 4.79 Å². The summed E-state index contributed by atoms with van der Waals surface area (Å²) in [5.74, 6) is 0. The minimum absolute atomic E-state index is 0.0843. The summed E-state index contributed by atoms with van der Waals surface area (Å²) >= 11 is 0. The highest BCUT2D eigenvalue weighted by Crippen LogP contribution is 2.10. The van der Waals surface area contributed by atoms with Crippen molar-refractivity contribution in [3.05, 3.63) is 41.8 Å². The first-order chi connectivity index (χ1) is 9.21. The molecule has 0 aliphatic rings. The second-order valence-corrected chi connectivity index (χ2v) is 6.95. The monoisotopic (exact) mass is 297 g/mol. The summed E-state index contributed by atoms with van der Waals surface area (Å²) in [6.45, 7) is 5.34. The van der Waals surface area contributed by atoms with E-state index < -0.39 is 21.5 Å². The molecule has 0 atom stereocenters. The van der Waals surface area contributed by atoms with Crippen molar-refractivity contribution in [1.29, 1.82) is 0 Å². The number of ether oxygens (including phenoxy) is 1. The summed E-state index contributed by atoms with van der Waals surface area (Å²) in [5.41, 5.74) is -0.579. The topological polar surface area (TPSA) is 72.5 Å². The van der Waals surface area contributed by atoms with Gasteiger partial charge < -0.3 is 10.1 Å². The lowest BCUT2D eigenvalue weighted by Gasteiger charge is -2.19. The normalized spacial score (nSPS) is 12.3. The van der Waals surface area contributed by atoms with E-state index in [1.807, 2.05) is 0 Å². The molecule has 0 saturated heterocycles. The van der Waals surface area contributed by atoms with Crippen LogP contribution in [0.2, 0.25) is 0 Å². The third-order valence-electron chi connectivity index (χ3n) is 2.11. The minimum Gasteiger partial charge on any atom is -0.444 e. The second kappa shape index (κ2) is 6.56. The Bertz CT molecular complexity index is 571. The van der Waals surface area contributed by atoms with Crippen LogP contribution >= 0.6 is 0 Å². The first-order valence-corrected chi connectivity index (χ1v) is 7.69. The number of sulfone groups is 1. The molecule has 0 aromatic heterocycles. The Morgan fingerprint density at radius 1 is 1.25 bits per heavy atom. The van der Waals surface area contributed by atoms with Crippen molar-refractivity contribution in [2.75, 3.05) is 6.54 Å². The minimum atomic E-state index is -3.47. The summed E-state index contributed by atoms with van der Waals surface area (Å²) in [5, 5.41) is 3.52. The quantitative estimate of drug-likeness (QED) is 0.926. The Balaban J connectivity index is 2.52. The van der Waals surface area contributed by atoms with E-state index in [-0.39, 0.29) is 11.4 Å². The first kappa shape index (κ1) is 16.2. The molecule has 0 radical (unpaired) electrons. The number of benzene rings is 1. The average Bonchev–Trinajstić information content (AvgIpc) is 2.34. The van der Waals surface area contributed by atoms with Gasteiger partial charge in [0.2, 0.25) is 0 Å². The Kier molecular flexibility index (Phi) is 5.33. The predicted molar refractivity (Wildman–Crippen MR) is 77.0 cm³/mol. The second-order valence-electron chi connectivity index (χ2n) is 5.11. The van der Waals surface area contributed by atoms with Crippen LogP contribution in [0.3, 0.4) is 0 Å². The molecule has 20 heavy (non-hydrogen) atoms. The molecular formula is C14H19NO4S.